The summed E-state index contributed by atoms with van der Waals surface area (Å²) in [4.78, 5) is 24.2. The second kappa shape index (κ2) is 9.33. The largest absolute Gasteiger partial charge is 0.478 e. The Kier molecular flexibility index (Phi) is 6.15. The fraction of sp³-hybridized carbons (Fsp3) is 0.0385. The van der Waals surface area contributed by atoms with Crippen LogP contribution < -0.4 is 5.43 Å². The maximum absolute atomic E-state index is 13.0. The fourth-order valence-corrected chi connectivity index (χ4v) is 3.41. The molecule has 0 bridgehead atoms. The van der Waals surface area contributed by atoms with E-state index in [-0.39, 0.29) is 5.56 Å². The molecule has 0 aliphatic rings. The predicted octanol–water partition coefficient (Wildman–Crippen LogP) is 4.03. The number of carbonyl (C=O) groups is 2. The van der Waals surface area contributed by atoms with Crippen molar-refractivity contribution in [3.05, 3.63) is 120 Å². The van der Waals surface area contributed by atoms with Gasteiger partial charge in [0.1, 0.15) is 11.5 Å². The quantitative estimate of drug-likeness (QED) is 0.297. The van der Waals surface area contributed by atoms with Crippen LogP contribution in [0.1, 0.15) is 27.2 Å². The van der Waals surface area contributed by atoms with Crippen molar-refractivity contribution >= 4 is 18.1 Å². The number of furan rings is 1. The number of carboxylic acids is 1. The van der Waals surface area contributed by atoms with Crippen molar-refractivity contribution in [2.75, 3.05) is 0 Å². The van der Waals surface area contributed by atoms with Gasteiger partial charge in [0.15, 0.2) is 5.60 Å². The van der Waals surface area contributed by atoms with Crippen molar-refractivity contribution in [1.29, 1.82) is 0 Å². The first-order chi connectivity index (χ1) is 16.0. The van der Waals surface area contributed by atoms with Gasteiger partial charge in [-0.3, -0.25) is 4.79 Å². The molecule has 4 aromatic rings. The van der Waals surface area contributed by atoms with Gasteiger partial charge >= 0.3 is 5.97 Å². The highest BCUT2D eigenvalue weighted by molar-refractivity contribution is 5.91. The lowest BCUT2D eigenvalue weighted by Crippen LogP contribution is -2.43. The number of hydrogen-bond acceptors (Lipinski definition) is 5. The van der Waals surface area contributed by atoms with Crippen LogP contribution in [0.4, 0.5) is 0 Å². The van der Waals surface area contributed by atoms with Crippen LogP contribution in [0.3, 0.4) is 0 Å². The van der Waals surface area contributed by atoms with Crippen LogP contribution >= 0.6 is 0 Å². The second-order valence-electron chi connectivity index (χ2n) is 7.23. The molecule has 0 aliphatic heterocycles. The minimum atomic E-state index is -1.94. The van der Waals surface area contributed by atoms with E-state index in [0.717, 1.165) is 0 Å². The van der Waals surface area contributed by atoms with Gasteiger partial charge in [0.05, 0.1) is 11.8 Å². The number of hydrazone groups is 1. The summed E-state index contributed by atoms with van der Waals surface area (Å²) in [5.74, 6) is -0.959. The Morgan fingerprint density at radius 3 is 2.09 bits per heavy atom. The minimum absolute atomic E-state index is 0.146. The molecule has 0 fully saturated rings. The van der Waals surface area contributed by atoms with Crippen LogP contribution in [0.15, 0.2) is 107 Å². The van der Waals surface area contributed by atoms with E-state index in [1.165, 1.54) is 18.3 Å². The molecule has 0 unspecified atom stereocenters. The standard InChI is InChI=1S/C26H20N2O5/c29-24(30)19-9-7-8-18(16-19)23-15-14-22(33-23)17-27-28-25(31)26(32,20-10-3-1-4-11-20)21-12-5-2-6-13-21/h1-17,32H,(H,28,31)(H,29,30)/b27-17+. The van der Waals surface area contributed by atoms with Gasteiger partial charge < -0.3 is 14.6 Å². The Bertz CT molecular complexity index is 1260. The number of nitrogens with zero attached hydrogens (tertiary/aromatic N) is 1. The van der Waals surface area contributed by atoms with Crippen molar-refractivity contribution in [3.8, 4) is 11.3 Å². The molecule has 7 heteroatoms. The first-order valence-electron chi connectivity index (χ1n) is 10.1. The molecule has 3 aromatic carbocycles. The summed E-state index contributed by atoms with van der Waals surface area (Å²) in [6, 6.07) is 26.9. The molecule has 1 amide bonds. The number of carbonyl (C=O) groups excluding carboxylic acids is 1. The first-order valence-corrected chi connectivity index (χ1v) is 10.1. The van der Waals surface area contributed by atoms with Crippen molar-refractivity contribution in [2.45, 2.75) is 5.60 Å². The van der Waals surface area contributed by atoms with Crippen LogP contribution in [0, 0.1) is 0 Å². The van der Waals surface area contributed by atoms with Crippen LogP contribution in [-0.4, -0.2) is 28.3 Å². The number of aliphatic hydroxyl groups is 1. The maximum Gasteiger partial charge on any atom is 0.335 e. The highest BCUT2D eigenvalue weighted by Gasteiger charge is 2.39. The van der Waals surface area contributed by atoms with Crippen molar-refractivity contribution in [1.82, 2.24) is 5.43 Å². The van der Waals surface area contributed by atoms with Crippen LogP contribution in [0.2, 0.25) is 0 Å². The normalized spacial score (nSPS) is 11.4. The molecule has 1 heterocycles. The molecule has 0 atom stereocenters. The van der Waals surface area contributed by atoms with Gasteiger partial charge in [0.2, 0.25) is 0 Å². The van der Waals surface area contributed by atoms with E-state index in [0.29, 0.717) is 28.2 Å². The number of carboxylic acid groups (broad SMARTS) is 1. The molecule has 0 spiro atoms. The predicted molar refractivity (Wildman–Crippen MR) is 123 cm³/mol. The molecule has 4 rings (SSSR count). The topological polar surface area (TPSA) is 112 Å². The van der Waals surface area contributed by atoms with Crippen molar-refractivity contribution in [2.24, 2.45) is 5.10 Å². The van der Waals surface area contributed by atoms with Crippen LogP contribution in [0.25, 0.3) is 11.3 Å². The number of benzene rings is 3. The van der Waals surface area contributed by atoms with E-state index in [9.17, 15) is 14.7 Å². The average Bonchev–Trinajstić information content (AvgIpc) is 3.33. The van der Waals surface area contributed by atoms with Gasteiger partial charge in [-0.25, -0.2) is 10.2 Å². The third-order valence-electron chi connectivity index (χ3n) is 5.09. The third-order valence-corrected chi connectivity index (χ3v) is 5.09. The molecule has 0 aliphatic carbocycles. The number of aromatic carboxylic acids is 1. The summed E-state index contributed by atoms with van der Waals surface area (Å²) in [6.07, 6.45) is 1.30. The molecule has 164 valence electrons. The van der Waals surface area contributed by atoms with Gasteiger partial charge in [-0.05, 0) is 35.4 Å². The summed E-state index contributed by atoms with van der Waals surface area (Å²) < 4.78 is 5.69. The Morgan fingerprint density at radius 2 is 1.48 bits per heavy atom. The first kappa shape index (κ1) is 21.7. The molecule has 1 aromatic heterocycles. The number of rotatable bonds is 7. The van der Waals surface area contributed by atoms with Gasteiger partial charge in [-0.1, -0.05) is 72.8 Å². The lowest BCUT2D eigenvalue weighted by Gasteiger charge is -2.26. The molecule has 3 N–H and O–H groups in total. The molecular weight excluding hydrogens is 420 g/mol. The second-order valence-corrected chi connectivity index (χ2v) is 7.23. The molecule has 0 saturated carbocycles. The lowest BCUT2D eigenvalue weighted by atomic mass is 9.85. The van der Waals surface area contributed by atoms with E-state index in [1.807, 2.05) is 0 Å². The molecule has 0 radical (unpaired) electrons. The van der Waals surface area contributed by atoms with Gasteiger partial charge in [0.25, 0.3) is 5.91 Å². The van der Waals surface area contributed by atoms with Crippen molar-refractivity contribution in [3.63, 3.8) is 0 Å². The summed E-state index contributed by atoms with van der Waals surface area (Å²) in [6.45, 7) is 0. The SMILES string of the molecule is O=C(O)c1cccc(-c2ccc(/C=N/NC(=O)C(O)(c3ccccc3)c3ccccc3)o2)c1. The monoisotopic (exact) mass is 440 g/mol. The molecule has 7 nitrogen and oxygen atoms in total. The Hall–Kier alpha value is -4.49. The van der Waals surface area contributed by atoms with E-state index in [4.69, 9.17) is 9.52 Å². The zero-order chi connectivity index (χ0) is 23.3. The van der Waals surface area contributed by atoms with Crippen LogP contribution in [-0.2, 0) is 10.4 Å². The molecule has 0 saturated heterocycles. The van der Waals surface area contributed by atoms with Gasteiger partial charge in [-0.15, -0.1) is 0 Å². The van der Waals surface area contributed by atoms with Gasteiger partial charge in [0, 0.05) is 5.56 Å². The van der Waals surface area contributed by atoms with Crippen LogP contribution in [0.5, 0.6) is 0 Å². The fourth-order valence-electron chi connectivity index (χ4n) is 3.41. The van der Waals surface area contributed by atoms with Crippen molar-refractivity contribution < 1.29 is 24.2 Å². The van der Waals surface area contributed by atoms with Gasteiger partial charge in [-0.2, -0.15) is 5.10 Å². The minimum Gasteiger partial charge on any atom is -0.478 e. The zero-order valence-electron chi connectivity index (χ0n) is 17.4. The zero-order valence-corrected chi connectivity index (χ0v) is 17.4. The smallest absolute Gasteiger partial charge is 0.335 e. The summed E-state index contributed by atoms with van der Waals surface area (Å²) in [7, 11) is 0. The van der Waals surface area contributed by atoms with E-state index < -0.39 is 17.5 Å². The number of nitrogens with one attached hydrogen (secondary N) is 1. The Labute approximate surface area is 189 Å². The highest BCUT2D eigenvalue weighted by atomic mass is 16.4. The summed E-state index contributed by atoms with van der Waals surface area (Å²) in [5.41, 5.74) is 2.00. The lowest BCUT2D eigenvalue weighted by molar-refractivity contribution is -0.136. The Morgan fingerprint density at radius 1 is 0.848 bits per heavy atom. The van der Waals surface area contributed by atoms with E-state index in [1.54, 1.807) is 84.9 Å². The summed E-state index contributed by atoms with van der Waals surface area (Å²) >= 11 is 0. The number of hydrogen-bond donors (Lipinski definition) is 3. The third kappa shape index (κ3) is 4.58. The summed E-state index contributed by atoms with van der Waals surface area (Å²) in [5, 5.41) is 24.5. The highest BCUT2D eigenvalue weighted by Crippen LogP contribution is 2.30. The van der Waals surface area contributed by atoms with E-state index in [2.05, 4.69) is 10.5 Å². The molecular formula is C26H20N2O5. The Balaban J connectivity index is 1.54. The molecule has 33 heavy (non-hydrogen) atoms. The maximum atomic E-state index is 13.0. The van der Waals surface area contributed by atoms with E-state index >= 15 is 0 Å². The average molecular weight is 440 g/mol. The number of amides is 1.